The zero-order chi connectivity index (χ0) is 13.4. The van der Waals surface area contributed by atoms with Crippen LogP contribution in [0.25, 0.3) is 0 Å². The quantitative estimate of drug-likeness (QED) is 0.864. The summed E-state index contributed by atoms with van der Waals surface area (Å²) in [4.78, 5) is 25.3. The molecule has 5 nitrogen and oxygen atoms in total. The molecule has 100 valence electrons. The SMILES string of the molecule is O=C(O)C1Cc2ccccc2N1C(=O)C1CCOC1. The fourth-order valence-electron chi connectivity index (χ4n) is 2.78. The summed E-state index contributed by atoms with van der Waals surface area (Å²) in [6, 6.07) is 6.60. The number of hydrogen-bond acceptors (Lipinski definition) is 3. The molecule has 0 spiro atoms. The third-order valence-corrected chi connectivity index (χ3v) is 3.78. The van der Waals surface area contributed by atoms with Crippen LogP contribution < -0.4 is 4.90 Å². The number of carbonyl (C=O) groups is 2. The summed E-state index contributed by atoms with van der Waals surface area (Å²) in [6.45, 7) is 0.966. The number of carbonyl (C=O) groups excluding carboxylic acids is 1. The molecule has 2 heterocycles. The van der Waals surface area contributed by atoms with Crippen molar-refractivity contribution in [2.24, 2.45) is 5.92 Å². The minimum Gasteiger partial charge on any atom is -0.480 e. The molecular formula is C14H15NO4. The van der Waals surface area contributed by atoms with Gasteiger partial charge in [0.2, 0.25) is 5.91 Å². The number of nitrogens with zero attached hydrogens (tertiary/aromatic N) is 1. The Labute approximate surface area is 110 Å². The monoisotopic (exact) mass is 261 g/mol. The number of ether oxygens (including phenoxy) is 1. The number of benzene rings is 1. The van der Waals surface area contributed by atoms with Gasteiger partial charge in [0.15, 0.2) is 0 Å². The predicted molar refractivity (Wildman–Crippen MR) is 68.0 cm³/mol. The van der Waals surface area contributed by atoms with Gasteiger partial charge in [0.05, 0.1) is 12.5 Å². The molecule has 1 fully saturated rings. The number of hydrogen-bond donors (Lipinski definition) is 1. The Balaban J connectivity index is 1.95. The Morgan fingerprint density at radius 2 is 2.11 bits per heavy atom. The molecule has 1 amide bonds. The van der Waals surface area contributed by atoms with Crippen LogP contribution in [0, 0.1) is 5.92 Å². The second-order valence-electron chi connectivity index (χ2n) is 4.96. The third-order valence-electron chi connectivity index (χ3n) is 3.78. The second kappa shape index (κ2) is 4.66. The highest BCUT2D eigenvalue weighted by molar-refractivity contribution is 6.03. The van der Waals surface area contributed by atoms with Gasteiger partial charge in [0.1, 0.15) is 6.04 Å². The first-order valence-corrected chi connectivity index (χ1v) is 6.40. The summed E-state index contributed by atoms with van der Waals surface area (Å²) in [7, 11) is 0. The van der Waals surface area contributed by atoms with Crippen molar-refractivity contribution in [2.75, 3.05) is 18.1 Å². The molecule has 1 aromatic carbocycles. The van der Waals surface area contributed by atoms with Gasteiger partial charge in [-0.2, -0.15) is 0 Å². The van der Waals surface area contributed by atoms with Crippen LogP contribution in [0.1, 0.15) is 12.0 Å². The Kier molecular flexibility index (Phi) is 2.98. The number of amides is 1. The van der Waals surface area contributed by atoms with E-state index in [1.165, 1.54) is 4.90 Å². The lowest BCUT2D eigenvalue weighted by atomic mass is 10.1. The molecule has 19 heavy (non-hydrogen) atoms. The van der Waals surface area contributed by atoms with Crippen LogP contribution in [0.5, 0.6) is 0 Å². The van der Waals surface area contributed by atoms with Crippen molar-refractivity contribution in [1.82, 2.24) is 0 Å². The Morgan fingerprint density at radius 1 is 1.32 bits per heavy atom. The normalized spacial score (nSPS) is 25.4. The van der Waals surface area contributed by atoms with Crippen molar-refractivity contribution in [3.8, 4) is 0 Å². The van der Waals surface area contributed by atoms with E-state index >= 15 is 0 Å². The molecule has 0 radical (unpaired) electrons. The van der Waals surface area contributed by atoms with Gasteiger partial charge >= 0.3 is 5.97 Å². The van der Waals surface area contributed by atoms with Crippen molar-refractivity contribution in [3.05, 3.63) is 29.8 Å². The topological polar surface area (TPSA) is 66.8 Å². The Bertz CT molecular complexity index is 522. The average molecular weight is 261 g/mol. The van der Waals surface area contributed by atoms with Crippen LogP contribution in [-0.4, -0.2) is 36.2 Å². The van der Waals surface area contributed by atoms with E-state index in [9.17, 15) is 14.7 Å². The maximum Gasteiger partial charge on any atom is 0.327 e. The van der Waals surface area contributed by atoms with E-state index < -0.39 is 12.0 Å². The maximum absolute atomic E-state index is 12.5. The first-order chi connectivity index (χ1) is 9.18. The molecule has 0 aromatic heterocycles. The fraction of sp³-hybridized carbons (Fsp3) is 0.429. The molecule has 1 saturated heterocycles. The summed E-state index contributed by atoms with van der Waals surface area (Å²) in [5.74, 6) is -1.30. The molecule has 5 heteroatoms. The first-order valence-electron chi connectivity index (χ1n) is 6.40. The molecule has 2 aliphatic rings. The highest BCUT2D eigenvalue weighted by atomic mass is 16.5. The number of para-hydroxylation sites is 1. The van der Waals surface area contributed by atoms with Gasteiger partial charge in [-0.25, -0.2) is 4.79 Å². The smallest absolute Gasteiger partial charge is 0.327 e. The van der Waals surface area contributed by atoms with E-state index in [1.807, 2.05) is 24.3 Å². The van der Waals surface area contributed by atoms with E-state index in [-0.39, 0.29) is 11.8 Å². The minimum atomic E-state index is -0.955. The number of carboxylic acids is 1. The second-order valence-corrected chi connectivity index (χ2v) is 4.96. The first kappa shape index (κ1) is 12.2. The number of aliphatic carboxylic acids is 1. The van der Waals surface area contributed by atoms with Gasteiger partial charge in [-0.15, -0.1) is 0 Å². The van der Waals surface area contributed by atoms with Gasteiger partial charge in [0, 0.05) is 18.7 Å². The molecule has 2 aliphatic heterocycles. The van der Waals surface area contributed by atoms with E-state index in [1.54, 1.807) is 0 Å². The lowest BCUT2D eigenvalue weighted by molar-refractivity contribution is -0.140. The van der Waals surface area contributed by atoms with E-state index in [0.717, 1.165) is 11.3 Å². The highest BCUT2D eigenvalue weighted by Gasteiger charge is 2.41. The lowest BCUT2D eigenvalue weighted by Crippen LogP contribution is -2.45. The van der Waals surface area contributed by atoms with Crippen molar-refractivity contribution < 1.29 is 19.4 Å². The third kappa shape index (κ3) is 2.00. The van der Waals surface area contributed by atoms with E-state index in [4.69, 9.17) is 4.74 Å². The van der Waals surface area contributed by atoms with Crippen molar-refractivity contribution in [3.63, 3.8) is 0 Å². The van der Waals surface area contributed by atoms with E-state index in [2.05, 4.69) is 0 Å². The molecule has 0 aliphatic carbocycles. The zero-order valence-corrected chi connectivity index (χ0v) is 10.4. The summed E-state index contributed by atoms with van der Waals surface area (Å²) in [5.41, 5.74) is 1.65. The molecule has 1 N–H and O–H groups in total. The van der Waals surface area contributed by atoms with Crippen LogP contribution in [0.4, 0.5) is 5.69 Å². The lowest BCUT2D eigenvalue weighted by Gasteiger charge is -2.25. The van der Waals surface area contributed by atoms with Gasteiger partial charge in [-0.3, -0.25) is 9.69 Å². The number of rotatable bonds is 2. The summed E-state index contributed by atoms with van der Waals surface area (Å²) >= 11 is 0. The van der Waals surface area contributed by atoms with Gasteiger partial charge in [-0.1, -0.05) is 18.2 Å². The summed E-state index contributed by atoms with van der Waals surface area (Å²) in [6.07, 6.45) is 1.05. The molecular weight excluding hydrogens is 246 g/mol. The van der Waals surface area contributed by atoms with Gasteiger partial charge < -0.3 is 9.84 Å². The van der Waals surface area contributed by atoms with Gasteiger partial charge in [-0.05, 0) is 18.1 Å². The molecule has 2 unspecified atom stereocenters. The van der Waals surface area contributed by atoms with Crippen molar-refractivity contribution >= 4 is 17.6 Å². The van der Waals surface area contributed by atoms with Crippen LogP contribution in [0.2, 0.25) is 0 Å². The number of carboxylic acid groups (broad SMARTS) is 1. The molecule has 2 atom stereocenters. The standard InChI is InChI=1S/C14H15NO4/c16-13(10-5-6-19-8-10)15-11-4-2-1-3-9(11)7-12(15)14(17)18/h1-4,10,12H,5-8H2,(H,17,18). The largest absolute Gasteiger partial charge is 0.480 e. The van der Waals surface area contributed by atoms with Crippen LogP contribution in [0.15, 0.2) is 24.3 Å². The Morgan fingerprint density at radius 3 is 2.79 bits per heavy atom. The highest BCUT2D eigenvalue weighted by Crippen LogP contribution is 2.34. The predicted octanol–water partition coefficient (Wildman–Crippen LogP) is 1.07. The molecule has 1 aromatic rings. The van der Waals surface area contributed by atoms with E-state index in [0.29, 0.717) is 26.1 Å². The molecule has 0 saturated carbocycles. The fourth-order valence-corrected chi connectivity index (χ4v) is 2.78. The average Bonchev–Trinajstić information content (AvgIpc) is 3.05. The minimum absolute atomic E-state index is 0.130. The zero-order valence-electron chi connectivity index (χ0n) is 10.4. The van der Waals surface area contributed by atoms with Crippen molar-refractivity contribution in [2.45, 2.75) is 18.9 Å². The van der Waals surface area contributed by atoms with Crippen molar-refractivity contribution in [1.29, 1.82) is 0 Å². The molecule has 3 rings (SSSR count). The number of fused-ring (bicyclic) bond motifs is 1. The van der Waals surface area contributed by atoms with Gasteiger partial charge in [0.25, 0.3) is 0 Å². The molecule has 0 bridgehead atoms. The number of anilines is 1. The summed E-state index contributed by atoms with van der Waals surface area (Å²) in [5, 5.41) is 9.32. The Hall–Kier alpha value is -1.88. The van der Waals surface area contributed by atoms with Crippen LogP contribution in [-0.2, 0) is 20.7 Å². The maximum atomic E-state index is 12.5. The van der Waals surface area contributed by atoms with Crippen LogP contribution in [0.3, 0.4) is 0 Å². The van der Waals surface area contributed by atoms with Crippen LogP contribution >= 0.6 is 0 Å². The summed E-state index contributed by atoms with van der Waals surface area (Å²) < 4.78 is 5.23.